The van der Waals surface area contributed by atoms with Gasteiger partial charge in [0.25, 0.3) is 5.91 Å². The first kappa shape index (κ1) is 17.5. The van der Waals surface area contributed by atoms with Gasteiger partial charge >= 0.3 is 0 Å². The van der Waals surface area contributed by atoms with E-state index in [0.29, 0.717) is 35.8 Å². The van der Waals surface area contributed by atoms with E-state index < -0.39 is 0 Å². The largest absolute Gasteiger partial charge is 0.493 e. The lowest BCUT2D eigenvalue weighted by molar-refractivity contribution is 0.0954. The van der Waals surface area contributed by atoms with Crippen molar-refractivity contribution in [2.45, 2.75) is 6.42 Å². The number of hydrogen-bond donors (Lipinski definition) is 1. The second-order valence-electron chi connectivity index (χ2n) is 5.57. The molecule has 1 amide bonds. The number of imidazole rings is 1. The Balaban J connectivity index is 1.56. The Labute approximate surface area is 151 Å². The van der Waals surface area contributed by atoms with Gasteiger partial charge in [-0.25, -0.2) is 9.97 Å². The van der Waals surface area contributed by atoms with E-state index in [1.165, 1.54) is 0 Å². The summed E-state index contributed by atoms with van der Waals surface area (Å²) in [6.45, 7) is 0.511. The minimum Gasteiger partial charge on any atom is -0.493 e. The molecule has 7 nitrogen and oxygen atoms in total. The predicted molar refractivity (Wildman–Crippen MR) is 96.9 cm³/mol. The summed E-state index contributed by atoms with van der Waals surface area (Å²) in [6, 6.07) is 9.25. The Bertz CT molecular complexity index is 861. The average Bonchev–Trinajstić information content (AvgIpc) is 3.22. The third kappa shape index (κ3) is 4.00. The number of carbonyl (C=O) groups is 1. The maximum absolute atomic E-state index is 12.2. The SMILES string of the molecule is COc1ccc(CCNC(=O)c2ccc(-n3ccnc3)nc2)cc1OC. The van der Waals surface area contributed by atoms with Crippen molar-refractivity contribution in [1.82, 2.24) is 19.9 Å². The van der Waals surface area contributed by atoms with E-state index in [9.17, 15) is 4.79 Å². The van der Waals surface area contributed by atoms with Crippen molar-refractivity contribution in [3.05, 3.63) is 66.4 Å². The second kappa shape index (κ2) is 8.15. The molecule has 3 rings (SSSR count). The van der Waals surface area contributed by atoms with E-state index in [1.54, 1.807) is 55.8 Å². The number of carbonyl (C=O) groups excluding carboxylic acids is 1. The molecule has 0 unspecified atom stereocenters. The van der Waals surface area contributed by atoms with Crippen molar-refractivity contribution in [1.29, 1.82) is 0 Å². The molecule has 0 spiro atoms. The van der Waals surface area contributed by atoms with Crippen molar-refractivity contribution in [2.75, 3.05) is 20.8 Å². The summed E-state index contributed by atoms with van der Waals surface area (Å²) in [4.78, 5) is 20.5. The van der Waals surface area contributed by atoms with Gasteiger partial charge in [0.05, 0.1) is 19.8 Å². The van der Waals surface area contributed by atoms with Crippen LogP contribution in [0, 0.1) is 0 Å². The van der Waals surface area contributed by atoms with Gasteiger partial charge in [-0.3, -0.25) is 9.36 Å². The molecule has 134 valence electrons. The highest BCUT2D eigenvalue weighted by atomic mass is 16.5. The van der Waals surface area contributed by atoms with Gasteiger partial charge in [0, 0.05) is 25.1 Å². The van der Waals surface area contributed by atoms with Crippen molar-refractivity contribution in [2.24, 2.45) is 0 Å². The molecular weight excluding hydrogens is 332 g/mol. The molecule has 26 heavy (non-hydrogen) atoms. The molecule has 2 aromatic heterocycles. The average molecular weight is 352 g/mol. The molecule has 0 radical (unpaired) electrons. The summed E-state index contributed by atoms with van der Waals surface area (Å²) in [6.07, 6.45) is 7.38. The van der Waals surface area contributed by atoms with Crippen LogP contribution < -0.4 is 14.8 Å². The summed E-state index contributed by atoms with van der Waals surface area (Å²) in [7, 11) is 3.20. The molecule has 0 bridgehead atoms. The zero-order valence-electron chi connectivity index (χ0n) is 14.7. The van der Waals surface area contributed by atoms with Crippen molar-refractivity contribution < 1.29 is 14.3 Å². The van der Waals surface area contributed by atoms with Crippen molar-refractivity contribution in [3.8, 4) is 17.3 Å². The molecule has 1 aromatic carbocycles. The Hall–Kier alpha value is -3.35. The molecule has 0 fully saturated rings. The Morgan fingerprint density at radius 2 is 2.00 bits per heavy atom. The molecule has 1 N–H and O–H groups in total. The monoisotopic (exact) mass is 352 g/mol. The standard InChI is InChI=1S/C19H20N4O3/c1-25-16-5-3-14(11-17(16)26-2)7-8-21-19(24)15-4-6-18(22-12-15)23-10-9-20-13-23/h3-6,9-13H,7-8H2,1-2H3,(H,21,24). The van der Waals surface area contributed by atoms with Crippen LogP contribution in [0.2, 0.25) is 0 Å². The van der Waals surface area contributed by atoms with Gasteiger partial charge in [-0.15, -0.1) is 0 Å². The van der Waals surface area contributed by atoms with E-state index >= 15 is 0 Å². The maximum atomic E-state index is 12.2. The number of nitrogens with zero attached hydrogens (tertiary/aromatic N) is 3. The lowest BCUT2D eigenvalue weighted by atomic mass is 10.1. The zero-order valence-corrected chi connectivity index (χ0v) is 14.7. The molecule has 0 aliphatic rings. The van der Waals surface area contributed by atoms with Crippen molar-refractivity contribution in [3.63, 3.8) is 0 Å². The number of nitrogens with one attached hydrogen (secondary N) is 1. The summed E-state index contributed by atoms with van der Waals surface area (Å²) < 4.78 is 12.3. The zero-order chi connectivity index (χ0) is 18.4. The maximum Gasteiger partial charge on any atom is 0.252 e. The van der Waals surface area contributed by atoms with Crippen LogP contribution >= 0.6 is 0 Å². The number of benzene rings is 1. The molecule has 0 aliphatic carbocycles. The first-order valence-electron chi connectivity index (χ1n) is 8.14. The Morgan fingerprint density at radius 3 is 2.65 bits per heavy atom. The van der Waals surface area contributed by atoms with Crippen LogP contribution in [0.1, 0.15) is 15.9 Å². The predicted octanol–water partition coefficient (Wildman–Crippen LogP) is 2.26. The number of ether oxygens (including phenoxy) is 2. The fraction of sp³-hybridized carbons (Fsp3) is 0.211. The molecule has 0 saturated carbocycles. The third-order valence-corrected chi connectivity index (χ3v) is 3.93. The van der Waals surface area contributed by atoms with Crippen LogP contribution in [0.25, 0.3) is 5.82 Å². The molecule has 3 aromatic rings. The number of pyridine rings is 1. The quantitative estimate of drug-likeness (QED) is 0.706. The summed E-state index contributed by atoms with van der Waals surface area (Å²) in [5, 5.41) is 2.90. The second-order valence-corrected chi connectivity index (χ2v) is 5.57. The molecule has 7 heteroatoms. The van der Waals surface area contributed by atoms with Crippen molar-refractivity contribution >= 4 is 5.91 Å². The fourth-order valence-electron chi connectivity index (χ4n) is 2.53. The normalized spacial score (nSPS) is 10.4. The van der Waals surface area contributed by atoms with Gasteiger partial charge in [0.2, 0.25) is 0 Å². The minimum atomic E-state index is -0.157. The number of hydrogen-bond acceptors (Lipinski definition) is 5. The van der Waals surface area contributed by atoms with E-state index in [2.05, 4.69) is 15.3 Å². The van der Waals surface area contributed by atoms with Crippen LogP contribution in [0.3, 0.4) is 0 Å². The van der Waals surface area contributed by atoms with E-state index in [-0.39, 0.29) is 5.91 Å². The van der Waals surface area contributed by atoms with Crippen LogP contribution in [-0.2, 0) is 6.42 Å². The van der Waals surface area contributed by atoms with Crippen LogP contribution in [0.15, 0.2) is 55.2 Å². The number of aromatic nitrogens is 3. The Morgan fingerprint density at radius 1 is 1.15 bits per heavy atom. The van der Waals surface area contributed by atoms with Gasteiger partial charge < -0.3 is 14.8 Å². The molecule has 0 aliphatic heterocycles. The van der Waals surface area contributed by atoms with Crippen LogP contribution in [-0.4, -0.2) is 41.2 Å². The highest BCUT2D eigenvalue weighted by Crippen LogP contribution is 2.27. The van der Waals surface area contributed by atoms with Gasteiger partial charge in [0.15, 0.2) is 11.5 Å². The number of methoxy groups -OCH3 is 2. The summed E-state index contributed by atoms with van der Waals surface area (Å²) >= 11 is 0. The minimum absolute atomic E-state index is 0.157. The number of amides is 1. The smallest absolute Gasteiger partial charge is 0.252 e. The summed E-state index contributed by atoms with van der Waals surface area (Å²) in [5.41, 5.74) is 1.57. The van der Waals surface area contributed by atoms with Gasteiger partial charge in [-0.2, -0.15) is 0 Å². The molecular formula is C19H20N4O3. The lowest BCUT2D eigenvalue weighted by Crippen LogP contribution is -2.25. The van der Waals surface area contributed by atoms with Crippen LogP contribution in [0.4, 0.5) is 0 Å². The Kier molecular flexibility index (Phi) is 5.48. The van der Waals surface area contributed by atoms with Gasteiger partial charge in [-0.05, 0) is 36.2 Å². The van der Waals surface area contributed by atoms with Gasteiger partial charge in [0.1, 0.15) is 12.1 Å². The molecule has 0 saturated heterocycles. The topological polar surface area (TPSA) is 78.3 Å². The van der Waals surface area contributed by atoms with E-state index in [0.717, 1.165) is 5.56 Å². The summed E-state index contributed by atoms with van der Waals surface area (Å²) in [5.74, 6) is 1.92. The fourth-order valence-corrected chi connectivity index (χ4v) is 2.53. The first-order chi connectivity index (χ1) is 12.7. The molecule has 2 heterocycles. The number of rotatable bonds is 7. The van der Waals surface area contributed by atoms with E-state index in [4.69, 9.17) is 9.47 Å². The highest BCUT2D eigenvalue weighted by Gasteiger charge is 2.08. The van der Waals surface area contributed by atoms with E-state index in [1.807, 2.05) is 18.2 Å². The van der Waals surface area contributed by atoms with Gasteiger partial charge in [-0.1, -0.05) is 6.07 Å². The molecule has 0 atom stereocenters. The van der Waals surface area contributed by atoms with Crippen LogP contribution in [0.5, 0.6) is 11.5 Å². The third-order valence-electron chi connectivity index (χ3n) is 3.93. The first-order valence-corrected chi connectivity index (χ1v) is 8.14. The highest BCUT2D eigenvalue weighted by molar-refractivity contribution is 5.93. The lowest BCUT2D eigenvalue weighted by Gasteiger charge is -2.10.